The molecule has 1 aromatic carbocycles. The summed E-state index contributed by atoms with van der Waals surface area (Å²) in [6, 6.07) is 10.4. The first kappa shape index (κ1) is 15.4. The molecule has 0 atom stereocenters. The van der Waals surface area contributed by atoms with Gasteiger partial charge in [-0.2, -0.15) is 0 Å². The summed E-state index contributed by atoms with van der Waals surface area (Å²) in [5, 5.41) is 9.54. The molecule has 4 heteroatoms. The summed E-state index contributed by atoms with van der Waals surface area (Å²) in [5.74, 6) is 1.04. The fraction of sp³-hybridized carbons (Fsp3) is 0.412. The van der Waals surface area contributed by atoms with Crippen LogP contribution in [0.25, 0.3) is 0 Å². The highest BCUT2D eigenvalue weighted by molar-refractivity contribution is 5.48. The normalized spacial score (nSPS) is 10.9. The summed E-state index contributed by atoms with van der Waals surface area (Å²) in [6.45, 7) is 4.90. The van der Waals surface area contributed by atoms with Gasteiger partial charge in [0.15, 0.2) is 0 Å². The van der Waals surface area contributed by atoms with E-state index < -0.39 is 0 Å². The lowest BCUT2D eigenvalue weighted by Crippen LogP contribution is -2.23. The highest BCUT2D eigenvalue weighted by Gasteiger charge is 2.12. The summed E-state index contributed by atoms with van der Waals surface area (Å²) >= 11 is 0. The maximum Gasteiger partial charge on any atom is 0.131 e. The standard InChI is InChI=1S/C17H23N3O/c1-13(2)17-18-11-16(15(12-21)19-17)20(3)10-9-14-7-5-4-6-8-14/h4-8,11,13,21H,9-10,12H2,1-3H3. The van der Waals surface area contributed by atoms with E-state index in [1.165, 1.54) is 5.56 Å². The molecule has 0 saturated carbocycles. The van der Waals surface area contributed by atoms with Gasteiger partial charge in [0, 0.05) is 19.5 Å². The van der Waals surface area contributed by atoms with Gasteiger partial charge in [-0.1, -0.05) is 44.2 Å². The number of anilines is 1. The van der Waals surface area contributed by atoms with Gasteiger partial charge in [0.05, 0.1) is 24.2 Å². The number of hydrogen-bond donors (Lipinski definition) is 1. The van der Waals surface area contributed by atoms with Crippen LogP contribution in [0.2, 0.25) is 0 Å². The van der Waals surface area contributed by atoms with E-state index in [9.17, 15) is 5.11 Å². The van der Waals surface area contributed by atoms with Gasteiger partial charge >= 0.3 is 0 Å². The van der Waals surface area contributed by atoms with Crippen LogP contribution in [0.15, 0.2) is 36.5 Å². The lowest BCUT2D eigenvalue weighted by atomic mass is 10.1. The maximum atomic E-state index is 9.54. The first-order valence-electron chi connectivity index (χ1n) is 7.33. The van der Waals surface area contributed by atoms with E-state index in [4.69, 9.17) is 0 Å². The van der Waals surface area contributed by atoms with E-state index in [0.29, 0.717) is 5.69 Å². The summed E-state index contributed by atoms with van der Waals surface area (Å²) in [5.41, 5.74) is 2.90. The Balaban J connectivity index is 2.09. The minimum atomic E-state index is -0.0623. The van der Waals surface area contributed by atoms with E-state index in [1.807, 2.05) is 19.3 Å². The third kappa shape index (κ3) is 4.02. The molecule has 1 heterocycles. The van der Waals surface area contributed by atoms with E-state index in [0.717, 1.165) is 24.5 Å². The van der Waals surface area contributed by atoms with Crippen molar-refractivity contribution in [2.75, 3.05) is 18.5 Å². The van der Waals surface area contributed by atoms with Crippen molar-refractivity contribution in [3.63, 3.8) is 0 Å². The fourth-order valence-corrected chi connectivity index (χ4v) is 2.20. The molecule has 0 amide bonds. The van der Waals surface area contributed by atoms with Crippen LogP contribution in [-0.2, 0) is 13.0 Å². The van der Waals surface area contributed by atoms with Crippen molar-refractivity contribution < 1.29 is 5.11 Å². The molecule has 0 fully saturated rings. The summed E-state index contributed by atoms with van der Waals surface area (Å²) in [7, 11) is 2.01. The quantitative estimate of drug-likeness (QED) is 0.886. The van der Waals surface area contributed by atoms with Crippen LogP contribution in [-0.4, -0.2) is 28.7 Å². The molecule has 0 unspecified atom stereocenters. The molecule has 1 aromatic heterocycles. The molecule has 0 bridgehead atoms. The van der Waals surface area contributed by atoms with Crippen molar-refractivity contribution in [1.29, 1.82) is 0 Å². The van der Waals surface area contributed by atoms with Crippen LogP contribution < -0.4 is 4.90 Å². The van der Waals surface area contributed by atoms with Gasteiger partial charge < -0.3 is 10.0 Å². The largest absolute Gasteiger partial charge is 0.390 e. The van der Waals surface area contributed by atoms with E-state index >= 15 is 0 Å². The Morgan fingerprint density at radius 1 is 1.19 bits per heavy atom. The second-order valence-electron chi connectivity index (χ2n) is 5.53. The molecule has 0 aliphatic heterocycles. The smallest absolute Gasteiger partial charge is 0.131 e. The van der Waals surface area contributed by atoms with Gasteiger partial charge in [-0.15, -0.1) is 0 Å². The van der Waals surface area contributed by atoms with Crippen molar-refractivity contribution in [3.05, 3.63) is 53.6 Å². The van der Waals surface area contributed by atoms with Crippen LogP contribution in [0.3, 0.4) is 0 Å². The number of aliphatic hydroxyl groups excluding tert-OH is 1. The Morgan fingerprint density at radius 2 is 1.90 bits per heavy atom. The minimum Gasteiger partial charge on any atom is -0.390 e. The Morgan fingerprint density at radius 3 is 2.52 bits per heavy atom. The van der Waals surface area contributed by atoms with Gasteiger partial charge in [0.25, 0.3) is 0 Å². The molecule has 21 heavy (non-hydrogen) atoms. The first-order chi connectivity index (χ1) is 10.1. The van der Waals surface area contributed by atoms with E-state index in [2.05, 4.69) is 53.0 Å². The SMILES string of the molecule is CC(C)c1ncc(N(C)CCc2ccccc2)c(CO)n1. The average Bonchev–Trinajstić information content (AvgIpc) is 2.52. The molecule has 2 rings (SSSR count). The lowest BCUT2D eigenvalue weighted by molar-refractivity contribution is 0.276. The number of aromatic nitrogens is 2. The Kier molecular flexibility index (Phi) is 5.28. The minimum absolute atomic E-state index is 0.0623. The van der Waals surface area contributed by atoms with Crippen molar-refractivity contribution in [2.24, 2.45) is 0 Å². The van der Waals surface area contributed by atoms with Crippen molar-refractivity contribution in [3.8, 4) is 0 Å². The topological polar surface area (TPSA) is 49.2 Å². The highest BCUT2D eigenvalue weighted by Crippen LogP contribution is 2.19. The zero-order chi connectivity index (χ0) is 15.2. The van der Waals surface area contributed by atoms with Crippen LogP contribution in [0.5, 0.6) is 0 Å². The third-order valence-electron chi connectivity index (χ3n) is 3.52. The summed E-state index contributed by atoms with van der Waals surface area (Å²) in [6.07, 6.45) is 2.77. The molecule has 0 radical (unpaired) electrons. The van der Waals surface area contributed by atoms with Crippen molar-refractivity contribution in [2.45, 2.75) is 32.8 Å². The Labute approximate surface area is 126 Å². The highest BCUT2D eigenvalue weighted by atomic mass is 16.3. The van der Waals surface area contributed by atoms with Crippen molar-refractivity contribution >= 4 is 5.69 Å². The first-order valence-corrected chi connectivity index (χ1v) is 7.33. The molecule has 2 aromatic rings. The van der Waals surface area contributed by atoms with Gasteiger partial charge in [0.1, 0.15) is 5.82 Å². The number of benzene rings is 1. The average molecular weight is 285 g/mol. The number of hydrogen-bond acceptors (Lipinski definition) is 4. The van der Waals surface area contributed by atoms with Crippen LogP contribution in [0, 0.1) is 0 Å². The molecular formula is C17H23N3O. The number of likely N-dealkylation sites (N-methyl/N-ethyl adjacent to an activating group) is 1. The summed E-state index contributed by atoms with van der Waals surface area (Å²) in [4.78, 5) is 11.0. The number of rotatable bonds is 6. The zero-order valence-electron chi connectivity index (χ0n) is 13.0. The van der Waals surface area contributed by atoms with Gasteiger partial charge in [0.2, 0.25) is 0 Å². The van der Waals surface area contributed by atoms with Crippen molar-refractivity contribution in [1.82, 2.24) is 9.97 Å². The molecule has 0 aliphatic carbocycles. The molecular weight excluding hydrogens is 262 g/mol. The van der Waals surface area contributed by atoms with Crippen LogP contribution in [0.4, 0.5) is 5.69 Å². The monoisotopic (exact) mass is 285 g/mol. The number of aliphatic hydroxyl groups is 1. The second-order valence-corrected chi connectivity index (χ2v) is 5.53. The number of nitrogens with zero attached hydrogens (tertiary/aromatic N) is 3. The third-order valence-corrected chi connectivity index (χ3v) is 3.52. The van der Waals surface area contributed by atoms with Gasteiger partial charge in [-0.25, -0.2) is 9.97 Å². The Bertz CT molecular complexity index is 570. The second kappa shape index (κ2) is 7.18. The molecule has 4 nitrogen and oxygen atoms in total. The van der Waals surface area contributed by atoms with E-state index in [-0.39, 0.29) is 12.5 Å². The predicted octanol–water partition coefficient (Wildman–Crippen LogP) is 2.77. The lowest BCUT2D eigenvalue weighted by Gasteiger charge is -2.21. The molecule has 0 saturated heterocycles. The molecule has 0 aliphatic rings. The molecule has 112 valence electrons. The van der Waals surface area contributed by atoms with Gasteiger partial charge in [-0.3, -0.25) is 0 Å². The fourth-order valence-electron chi connectivity index (χ4n) is 2.20. The van der Waals surface area contributed by atoms with E-state index in [1.54, 1.807) is 0 Å². The van der Waals surface area contributed by atoms with Crippen LogP contribution in [0.1, 0.15) is 36.8 Å². The summed E-state index contributed by atoms with van der Waals surface area (Å²) < 4.78 is 0. The zero-order valence-corrected chi connectivity index (χ0v) is 13.0. The predicted molar refractivity (Wildman–Crippen MR) is 85.5 cm³/mol. The van der Waals surface area contributed by atoms with Crippen LogP contribution >= 0.6 is 0 Å². The maximum absolute atomic E-state index is 9.54. The molecule has 1 N–H and O–H groups in total. The van der Waals surface area contributed by atoms with Gasteiger partial charge in [-0.05, 0) is 12.0 Å². The Hall–Kier alpha value is -1.94. The molecule has 0 spiro atoms.